The Hall–Kier alpha value is -0.350. The zero-order chi connectivity index (χ0) is 7.28. The van der Waals surface area contributed by atoms with Gasteiger partial charge >= 0.3 is 0 Å². The van der Waals surface area contributed by atoms with Crippen LogP contribution in [0.3, 0.4) is 0 Å². The molecule has 1 radical (unpaired) electrons. The summed E-state index contributed by atoms with van der Waals surface area (Å²) >= 11 is 4.71. The SMILES string of the molecule is [CH2]C(O)NC(=S)NCC. The summed E-state index contributed by atoms with van der Waals surface area (Å²) in [7, 11) is 0. The van der Waals surface area contributed by atoms with Gasteiger partial charge in [0.1, 0.15) is 6.23 Å². The van der Waals surface area contributed by atoms with Gasteiger partial charge in [-0.3, -0.25) is 0 Å². The molecule has 1 unspecified atom stereocenters. The van der Waals surface area contributed by atoms with Gasteiger partial charge in [-0.1, -0.05) is 0 Å². The lowest BCUT2D eigenvalue weighted by molar-refractivity contribution is 0.206. The van der Waals surface area contributed by atoms with Gasteiger partial charge in [0.2, 0.25) is 0 Å². The van der Waals surface area contributed by atoms with Crippen LogP contribution in [-0.4, -0.2) is 23.0 Å². The van der Waals surface area contributed by atoms with E-state index >= 15 is 0 Å². The van der Waals surface area contributed by atoms with Gasteiger partial charge in [-0.2, -0.15) is 0 Å². The molecule has 0 rings (SSSR count). The zero-order valence-electron chi connectivity index (χ0n) is 5.35. The molecular weight excluding hydrogens is 136 g/mol. The molecule has 0 amide bonds. The summed E-state index contributed by atoms with van der Waals surface area (Å²) in [6, 6.07) is 0. The zero-order valence-corrected chi connectivity index (χ0v) is 6.16. The van der Waals surface area contributed by atoms with Gasteiger partial charge < -0.3 is 15.7 Å². The van der Waals surface area contributed by atoms with Crippen LogP contribution in [0.5, 0.6) is 0 Å². The normalized spacial score (nSPS) is 12.3. The first-order chi connectivity index (χ1) is 4.16. The topological polar surface area (TPSA) is 44.3 Å². The Balaban J connectivity index is 3.27. The summed E-state index contributed by atoms with van der Waals surface area (Å²) in [5.74, 6) is 0. The van der Waals surface area contributed by atoms with E-state index < -0.39 is 6.23 Å². The highest BCUT2D eigenvalue weighted by molar-refractivity contribution is 7.80. The van der Waals surface area contributed by atoms with Crippen LogP contribution in [0.2, 0.25) is 0 Å². The van der Waals surface area contributed by atoms with Crippen molar-refractivity contribution in [2.75, 3.05) is 6.54 Å². The van der Waals surface area contributed by atoms with Crippen molar-refractivity contribution in [3.8, 4) is 0 Å². The number of aliphatic hydroxyl groups is 1. The summed E-state index contributed by atoms with van der Waals surface area (Å²) < 4.78 is 0. The predicted octanol–water partition coefficient (Wildman–Crippen LogP) is -0.377. The van der Waals surface area contributed by atoms with E-state index in [1.165, 1.54) is 0 Å². The molecule has 1 atom stereocenters. The number of nitrogens with one attached hydrogen (secondary N) is 2. The van der Waals surface area contributed by atoms with Gasteiger partial charge in [-0.15, -0.1) is 0 Å². The third-order valence-corrected chi connectivity index (χ3v) is 0.897. The average Bonchev–Trinajstić information content (AvgIpc) is 1.63. The summed E-state index contributed by atoms with van der Waals surface area (Å²) in [6.07, 6.45) is -0.823. The molecule has 3 nitrogen and oxygen atoms in total. The quantitative estimate of drug-likeness (QED) is 0.368. The first-order valence-electron chi connectivity index (χ1n) is 2.72. The second-order valence-electron chi connectivity index (χ2n) is 1.52. The van der Waals surface area contributed by atoms with Crippen molar-refractivity contribution in [2.45, 2.75) is 13.2 Å². The largest absolute Gasteiger partial charge is 0.374 e. The van der Waals surface area contributed by atoms with E-state index in [0.29, 0.717) is 5.11 Å². The first-order valence-corrected chi connectivity index (χ1v) is 3.13. The molecule has 4 heteroatoms. The summed E-state index contributed by atoms with van der Waals surface area (Å²) in [5.41, 5.74) is 0. The number of aliphatic hydroxyl groups excluding tert-OH is 1. The minimum atomic E-state index is -0.823. The lowest BCUT2D eigenvalue weighted by atomic mass is 10.6. The minimum absolute atomic E-state index is 0.431. The highest BCUT2D eigenvalue weighted by Crippen LogP contribution is 1.70. The van der Waals surface area contributed by atoms with Crippen LogP contribution in [0, 0.1) is 6.92 Å². The standard InChI is InChI=1S/C5H11N2OS/c1-3-6-5(9)7-4(2)8/h4,8H,2-3H2,1H3,(H2,6,7,9). The van der Waals surface area contributed by atoms with Crippen molar-refractivity contribution < 1.29 is 5.11 Å². The fraction of sp³-hybridized carbons (Fsp3) is 0.600. The Kier molecular flexibility index (Phi) is 4.35. The molecule has 0 aromatic carbocycles. The summed E-state index contributed by atoms with van der Waals surface area (Å²) in [5, 5.41) is 14.3. The van der Waals surface area contributed by atoms with E-state index in [1.807, 2.05) is 6.92 Å². The van der Waals surface area contributed by atoms with Crippen LogP contribution in [-0.2, 0) is 0 Å². The fourth-order valence-electron chi connectivity index (χ4n) is 0.363. The van der Waals surface area contributed by atoms with Crippen LogP contribution in [0.15, 0.2) is 0 Å². The number of rotatable bonds is 2. The van der Waals surface area contributed by atoms with Crippen LogP contribution in [0.25, 0.3) is 0 Å². The molecule has 0 aromatic heterocycles. The predicted molar refractivity (Wildman–Crippen MR) is 40.8 cm³/mol. The molecule has 0 aromatic rings. The maximum atomic E-state index is 8.60. The van der Waals surface area contributed by atoms with E-state index in [4.69, 9.17) is 17.3 Å². The maximum Gasteiger partial charge on any atom is 0.168 e. The van der Waals surface area contributed by atoms with Gasteiger partial charge in [0.05, 0.1) is 0 Å². The van der Waals surface area contributed by atoms with Gasteiger partial charge in [-0.05, 0) is 26.1 Å². The van der Waals surface area contributed by atoms with Crippen molar-refractivity contribution >= 4 is 17.3 Å². The molecule has 0 spiro atoms. The molecule has 9 heavy (non-hydrogen) atoms. The molecule has 0 fully saturated rings. The molecule has 0 saturated heterocycles. The smallest absolute Gasteiger partial charge is 0.168 e. The van der Waals surface area contributed by atoms with E-state index in [2.05, 4.69) is 17.6 Å². The second kappa shape index (κ2) is 4.52. The maximum absolute atomic E-state index is 8.60. The average molecular weight is 147 g/mol. The first kappa shape index (κ1) is 8.65. The monoisotopic (exact) mass is 147 g/mol. The molecule has 0 heterocycles. The molecule has 0 bridgehead atoms. The Morgan fingerprint density at radius 2 is 2.44 bits per heavy atom. The van der Waals surface area contributed by atoms with Gasteiger partial charge in [0, 0.05) is 6.54 Å². The lowest BCUT2D eigenvalue weighted by Gasteiger charge is -2.09. The van der Waals surface area contributed by atoms with Gasteiger partial charge in [-0.25, -0.2) is 0 Å². The van der Waals surface area contributed by atoms with Crippen molar-refractivity contribution in [3.05, 3.63) is 6.92 Å². The highest BCUT2D eigenvalue weighted by atomic mass is 32.1. The number of hydrogen-bond acceptors (Lipinski definition) is 2. The Labute approximate surface area is 60.5 Å². The van der Waals surface area contributed by atoms with Crippen LogP contribution >= 0.6 is 12.2 Å². The molecule has 0 aliphatic rings. The van der Waals surface area contributed by atoms with E-state index in [9.17, 15) is 0 Å². The van der Waals surface area contributed by atoms with Crippen molar-refractivity contribution in [2.24, 2.45) is 0 Å². The summed E-state index contributed by atoms with van der Waals surface area (Å²) in [4.78, 5) is 0. The second-order valence-corrected chi connectivity index (χ2v) is 1.93. The molecule has 0 aliphatic heterocycles. The van der Waals surface area contributed by atoms with Crippen LogP contribution in [0.1, 0.15) is 6.92 Å². The molecule has 0 aliphatic carbocycles. The number of hydrogen-bond donors (Lipinski definition) is 3. The third-order valence-electron chi connectivity index (χ3n) is 0.635. The lowest BCUT2D eigenvalue weighted by Crippen LogP contribution is -2.40. The summed E-state index contributed by atoms with van der Waals surface area (Å²) in [6.45, 7) is 5.95. The van der Waals surface area contributed by atoms with E-state index in [0.717, 1.165) is 6.54 Å². The van der Waals surface area contributed by atoms with Gasteiger partial charge in [0.15, 0.2) is 5.11 Å². The van der Waals surface area contributed by atoms with E-state index in [1.54, 1.807) is 0 Å². The van der Waals surface area contributed by atoms with Crippen molar-refractivity contribution in [1.29, 1.82) is 0 Å². The van der Waals surface area contributed by atoms with Crippen LogP contribution < -0.4 is 10.6 Å². The number of thiocarbonyl (C=S) groups is 1. The van der Waals surface area contributed by atoms with Crippen LogP contribution in [0.4, 0.5) is 0 Å². The highest BCUT2D eigenvalue weighted by Gasteiger charge is 1.94. The molecule has 3 N–H and O–H groups in total. The van der Waals surface area contributed by atoms with Gasteiger partial charge in [0.25, 0.3) is 0 Å². The van der Waals surface area contributed by atoms with E-state index in [-0.39, 0.29) is 0 Å². The Bertz CT molecular complexity index is 95.0. The molecule has 0 saturated carbocycles. The molecule has 53 valence electrons. The Morgan fingerprint density at radius 3 is 2.78 bits per heavy atom. The van der Waals surface area contributed by atoms with Crippen molar-refractivity contribution in [1.82, 2.24) is 10.6 Å². The molecular formula is C5H11N2OS. The van der Waals surface area contributed by atoms with Crippen molar-refractivity contribution in [3.63, 3.8) is 0 Å². The minimum Gasteiger partial charge on any atom is -0.374 e. The Morgan fingerprint density at radius 1 is 1.89 bits per heavy atom. The fourth-order valence-corrected chi connectivity index (χ4v) is 0.643. The third kappa shape index (κ3) is 5.52.